The zero-order valence-corrected chi connectivity index (χ0v) is 18.4. The molecule has 5 rings (SSSR count). The van der Waals surface area contributed by atoms with Gasteiger partial charge in [-0.3, -0.25) is 9.59 Å². The third-order valence-electron chi connectivity index (χ3n) is 5.55. The van der Waals surface area contributed by atoms with Gasteiger partial charge in [-0.2, -0.15) is 0 Å². The van der Waals surface area contributed by atoms with Gasteiger partial charge in [0.25, 0.3) is 0 Å². The summed E-state index contributed by atoms with van der Waals surface area (Å²) in [5, 5.41) is 14.1. The first-order valence-corrected chi connectivity index (χ1v) is 11.3. The number of nitrogens with one attached hydrogen (secondary N) is 1. The van der Waals surface area contributed by atoms with Crippen LogP contribution in [0.2, 0.25) is 0 Å². The number of nitrogens with zero attached hydrogens (tertiary/aromatic N) is 5. The molecule has 33 heavy (non-hydrogen) atoms. The Hall–Kier alpha value is -3.57. The highest BCUT2D eigenvalue weighted by atomic mass is 32.1. The molecular weight excluding hydrogens is 447 g/mol. The Labute approximate surface area is 191 Å². The van der Waals surface area contributed by atoms with Gasteiger partial charge in [-0.1, -0.05) is 12.1 Å². The van der Waals surface area contributed by atoms with Gasteiger partial charge in [-0.05, 0) is 17.7 Å². The van der Waals surface area contributed by atoms with E-state index in [9.17, 15) is 19.1 Å². The van der Waals surface area contributed by atoms with Crippen LogP contribution in [0.1, 0.15) is 10.4 Å². The average Bonchev–Trinajstić information content (AvgIpc) is 3.45. The van der Waals surface area contributed by atoms with Crippen molar-refractivity contribution in [2.24, 2.45) is 0 Å². The van der Waals surface area contributed by atoms with Crippen LogP contribution in [0.3, 0.4) is 0 Å². The summed E-state index contributed by atoms with van der Waals surface area (Å²) in [6.07, 6.45) is 5.28. The summed E-state index contributed by atoms with van der Waals surface area (Å²) in [6.45, 7) is 2.80. The molecule has 1 aliphatic rings. The van der Waals surface area contributed by atoms with E-state index < -0.39 is 11.3 Å². The lowest BCUT2D eigenvalue weighted by atomic mass is 10.1. The van der Waals surface area contributed by atoms with Crippen molar-refractivity contribution in [2.45, 2.75) is 13.0 Å². The molecule has 0 saturated carbocycles. The molecule has 4 heterocycles. The number of carbonyl (C=O) groups is 1. The van der Waals surface area contributed by atoms with Crippen molar-refractivity contribution in [2.75, 3.05) is 26.2 Å². The maximum atomic E-state index is 13.1. The molecule has 9 nitrogen and oxygen atoms in total. The normalized spacial score (nSPS) is 14.2. The van der Waals surface area contributed by atoms with Crippen LogP contribution in [0.25, 0.3) is 16.5 Å². The fourth-order valence-corrected chi connectivity index (χ4v) is 4.74. The van der Waals surface area contributed by atoms with Gasteiger partial charge < -0.3 is 19.9 Å². The van der Waals surface area contributed by atoms with E-state index in [1.165, 1.54) is 34.1 Å². The Kier molecular flexibility index (Phi) is 5.65. The molecule has 0 radical (unpaired) electrons. The van der Waals surface area contributed by atoms with Gasteiger partial charge in [-0.25, -0.2) is 18.8 Å². The fraction of sp³-hybridized carbons (Fsp3) is 0.273. The molecule has 0 atom stereocenters. The van der Waals surface area contributed by atoms with Gasteiger partial charge in [0.05, 0.1) is 0 Å². The summed E-state index contributed by atoms with van der Waals surface area (Å²) in [7, 11) is 0. The summed E-state index contributed by atoms with van der Waals surface area (Å²) in [5.74, 6) is -0.604. The second kappa shape index (κ2) is 8.75. The predicted octanol–water partition coefficient (Wildman–Crippen LogP) is 1.49. The first kappa shape index (κ1) is 21.3. The summed E-state index contributed by atoms with van der Waals surface area (Å²) < 4.78 is 16.0. The van der Waals surface area contributed by atoms with E-state index in [-0.39, 0.29) is 29.7 Å². The summed E-state index contributed by atoms with van der Waals surface area (Å²) >= 11 is 1.29. The largest absolute Gasteiger partial charge is 0.501 e. The fourth-order valence-electron chi connectivity index (χ4n) is 3.80. The lowest BCUT2D eigenvalue weighted by Gasteiger charge is -2.27. The van der Waals surface area contributed by atoms with Crippen LogP contribution in [0, 0.1) is 5.82 Å². The van der Waals surface area contributed by atoms with Crippen LogP contribution in [-0.2, 0) is 17.8 Å². The molecule has 1 fully saturated rings. The molecule has 11 heteroatoms. The summed E-state index contributed by atoms with van der Waals surface area (Å²) in [4.78, 5) is 36.9. The van der Waals surface area contributed by atoms with Crippen molar-refractivity contribution >= 4 is 23.0 Å². The summed E-state index contributed by atoms with van der Waals surface area (Å²) in [6, 6.07) is 6.20. The second-order valence-corrected chi connectivity index (χ2v) is 8.89. The SMILES string of the molecule is O=C(Cn1ccn2c(=O)c(O)c(-c3ncc(Cc4ccc(F)cc4)s3)nc12)N1CCNCC1. The van der Waals surface area contributed by atoms with Crippen LogP contribution in [0.15, 0.2) is 47.7 Å². The number of fused-ring (bicyclic) bond motifs is 1. The van der Waals surface area contributed by atoms with E-state index in [4.69, 9.17) is 0 Å². The van der Waals surface area contributed by atoms with Crippen molar-refractivity contribution in [3.63, 3.8) is 0 Å². The molecule has 0 bridgehead atoms. The van der Waals surface area contributed by atoms with Crippen LogP contribution < -0.4 is 10.9 Å². The van der Waals surface area contributed by atoms with Crippen molar-refractivity contribution in [1.29, 1.82) is 0 Å². The molecule has 1 saturated heterocycles. The molecule has 1 aliphatic heterocycles. The Morgan fingerprint density at radius 1 is 1.18 bits per heavy atom. The number of halogens is 1. The third-order valence-corrected chi connectivity index (χ3v) is 6.55. The van der Waals surface area contributed by atoms with Gasteiger partial charge in [0, 0.05) is 56.1 Å². The van der Waals surface area contributed by atoms with Crippen molar-refractivity contribution in [3.8, 4) is 16.5 Å². The highest BCUT2D eigenvalue weighted by Crippen LogP contribution is 2.30. The highest BCUT2D eigenvalue weighted by molar-refractivity contribution is 7.15. The number of imidazole rings is 1. The van der Waals surface area contributed by atoms with E-state index in [1.807, 2.05) is 0 Å². The van der Waals surface area contributed by atoms with Gasteiger partial charge in [0.2, 0.25) is 17.4 Å². The standard InChI is InChI=1S/C22H21FN6O3S/c23-15-3-1-14(2-4-15)11-16-12-25-20(33-16)18-19(31)21(32)29-10-9-28(22(29)26-18)13-17(30)27-7-5-24-6-8-27/h1-4,9-10,12,24,31H,5-8,11,13H2. The number of rotatable bonds is 5. The number of carbonyl (C=O) groups excluding carboxylic acids is 1. The first-order valence-electron chi connectivity index (χ1n) is 10.5. The smallest absolute Gasteiger partial charge is 0.302 e. The predicted molar refractivity (Wildman–Crippen MR) is 121 cm³/mol. The van der Waals surface area contributed by atoms with E-state index in [0.29, 0.717) is 24.5 Å². The van der Waals surface area contributed by atoms with Gasteiger partial charge >= 0.3 is 5.56 Å². The maximum Gasteiger partial charge on any atom is 0.302 e. The summed E-state index contributed by atoms with van der Waals surface area (Å²) in [5.41, 5.74) is 0.364. The Bertz CT molecular complexity index is 1370. The number of hydrogen-bond acceptors (Lipinski definition) is 7. The van der Waals surface area contributed by atoms with Gasteiger partial charge in [0.1, 0.15) is 17.4 Å². The highest BCUT2D eigenvalue weighted by Gasteiger charge is 2.21. The zero-order chi connectivity index (χ0) is 22.9. The number of hydrogen-bond donors (Lipinski definition) is 2. The Morgan fingerprint density at radius 2 is 1.94 bits per heavy atom. The number of thiazole rings is 1. The van der Waals surface area contributed by atoms with Gasteiger partial charge in [0.15, 0.2) is 5.69 Å². The van der Waals surface area contributed by atoms with Crippen LogP contribution in [0.4, 0.5) is 4.39 Å². The van der Waals surface area contributed by atoms with Crippen LogP contribution in [0.5, 0.6) is 5.75 Å². The monoisotopic (exact) mass is 468 g/mol. The molecule has 0 unspecified atom stereocenters. The maximum absolute atomic E-state index is 13.1. The molecule has 0 spiro atoms. The molecule has 3 aromatic heterocycles. The molecule has 0 aliphatic carbocycles. The topological polar surface area (TPSA) is 105 Å². The lowest BCUT2D eigenvalue weighted by Crippen LogP contribution is -2.47. The van der Waals surface area contributed by atoms with Crippen molar-refractivity contribution in [3.05, 3.63) is 69.5 Å². The minimum atomic E-state index is -0.626. The van der Waals surface area contributed by atoms with Crippen LogP contribution >= 0.6 is 11.3 Å². The minimum Gasteiger partial charge on any atom is -0.501 e. The number of aromatic nitrogens is 4. The quantitative estimate of drug-likeness (QED) is 0.460. The van der Waals surface area contributed by atoms with Crippen molar-refractivity contribution in [1.82, 2.24) is 29.2 Å². The second-order valence-electron chi connectivity index (χ2n) is 7.78. The number of benzene rings is 1. The van der Waals surface area contributed by atoms with E-state index in [2.05, 4.69) is 15.3 Å². The number of piperazine rings is 1. The van der Waals surface area contributed by atoms with Crippen molar-refractivity contribution < 1.29 is 14.3 Å². The molecule has 2 N–H and O–H groups in total. The zero-order valence-electron chi connectivity index (χ0n) is 17.6. The van der Waals surface area contributed by atoms with E-state index in [1.54, 1.807) is 34.0 Å². The lowest BCUT2D eigenvalue weighted by molar-refractivity contribution is -0.132. The molecule has 170 valence electrons. The molecular formula is C22H21FN6O3S. The minimum absolute atomic E-state index is 0.0425. The number of amides is 1. The third kappa shape index (κ3) is 4.24. The Balaban J connectivity index is 1.45. The average molecular weight is 469 g/mol. The van der Waals surface area contributed by atoms with Crippen LogP contribution in [-0.4, -0.2) is 61.0 Å². The molecule has 4 aromatic rings. The Morgan fingerprint density at radius 3 is 2.70 bits per heavy atom. The van der Waals surface area contributed by atoms with E-state index in [0.717, 1.165) is 23.5 Å². The molecule has 1 amide bonds. The molecule has 1 aromatic carbocycles. The first-order chi connectivity index (χ1) is 16.0. The number of aromatic hydroxyl groups is 1. The van der Waals surface area contributed by atoms with Gasteiger partial charge in [-0.15, -0.1) is 11.3 Å². The van der Waals surface area contributed by atoms with E-state index >= 15 is 0 Å².